The minimum absolute atomic E-state index is 0.00144. The van der Waals surface area contributed by atoms with Crippen LogP contribution < -0.4 is 10.1 Å². The van der Waals surface area contributed by atoms with Crippen molar-refractivity contribution in [3.8, 4) is 5.75 Å². The van der Waals surface area contributed by atoms with Gasteiger partial charge in [0.05, 0.1) is 13.0 Å². The van der Waals surface area contributed by atoms with Gasteiger partial charge in [-0.05, 0) is 32.0 Å². The highest BCUT2D eigenvalue weighted by molar-refractivity contribution is 7.86. The fraction of sp³-hybridized carbons (Fsp3) is 0.308. The molecule has 6 nitrogen and oxygen atoms in total. The zero-order chi connectivity index (χ0) is 15.5. The van der Waals surface area contributed by atoms with Crippen LogP contribution in [-0.2, 0) is 14.9 Å². The average molecular weight is 299 g/mol. The van der Waals surface area contributed by atoms with Crippen molar-refractivity contribution >= 4 is 21.7 Å². The van der Waals surface area contributed by atoms with Gasteiger partial charge >= 0.3 is 0 Å². The lowest BCUT2D eigenvalue weighted by atomic mass is 10.0. The first-order valence-electron chi connectivity index (χ1n) is 5.78. The summed E-state index contributed by atoms with van der Waals surface area (Å²) < 4.78 is 36.5. The van der Waals surface area contributed by atoms with E-state index in [0.29, 0.717) is 5.57 Å². The van der Waals surface area contributed by atoms with Crippen LogP contribution in [0.15, 0.2) is 35.2 Å². The number of ether oxygens (including phenoxy) is 1. The molecular weight excluding hydrogens is 282 g/mol. The Kier molecular flexibility index (Phi) is 4.91. The number of rotatable bonds is 5. The van der Waals surface area contributed by atoms with Gasteiger partial charge in [0, 0.05) is 5.69 Å². The number of amides is 1. The number of hydrogen-bond donors (Lipinski definition) is 2. The van der Waals surface area contributed by atoms with E-state index in [1.165, 1.54) is 19.2 Å². The zero-order valence-electron chi connectivity index (χ0n) is 11.5. The van der Waals surface area contributed by atoms with E-state index in [1.54, 1.807) is 13.8 Å². The molecule has 110 valence electrons. The summed E-state index contributed by atoms with van der Waals surface area (Å²) in [6.45, 7) is 7.09. The lowest BCUT2D eigenvalue weighted by Crippen LogP contribution is -2.21. The fourth-order valence-corrected chi connectivity index (χ4v) is 2.11. The van der Waals surface area contributed by atoms with Crippen LogP contribution in [0.1, 0.15) is 13.8 Å². The second-order valence-corrected chi connectivity index (χ2v) is 5.79. The molecule has 20 heavy (non-hydrogen) atoms. The lowest BCUT2D eigenvalue weighted by Gasteiger charge is -2.13. The van der Waals surface area contributed by atoms with Crippen molar-refractivity contribution < 1.29 is 22.5 Å². The van der Waals surface area contributed by atoms with E-state index in [1.807, 2.05) is 0 Å². The van der Waals surface area contributed by atoms with Crippen molar-refractivity contribution in [3.05, 3.63) is 30.4 Å². The molecule has 0 spiro atoms. The normalized spacial score (nSPS) is 12.6. The van der Waals surface area contributed by atoms with Crippen LogP contribution in [0.5, 0.6) is 5.75 Å². The molecular formula is C13H17NO5S. The summed E-state index contributed by atoms with van der Waals surface area (Å²) in [6.07, 6.45) is 0. The maximum absolute atomic E-state index is 11.9. The Morgan fingerprint density at radius 1 is 1.45 bits per heavy atom. The van der Waals surface area contributed by atoms with Crippen molar-refractivity contribution in [1.29, 1.82) is 0 Å². The minimum Gasteiger partial charge on any atom is -0.495 e. The summed E-state index contributed by atoms with van der Waals surface area (Å²) >= 11 is 0. The van der Waals surface area contributed by atoms with Crippen LogP contribution in [0.4, 0.5) is 5.69 Å². The lowest BCUT2D eigenvalue weighted by molar-refractivity contribution is -0.118. The molecule has 1 amide bonds. The zero-order valence-corrected chi connectivity index (χ0v) is 12.3. The molecule has 1 aromatic rings. The first-order valence-corrected chi connectivity index (χ1v) is 7.22. The van der Waals surface area contributed by atoms with E-state index >= 15 is 0 Å². The first-order chi connectivity index (χ1) is 9.16. The Morgan fingerprint density at radius 2 is 2.05 bits per heavy atom. The van der Waals surface area contributed by atoms with Gasteiger partial charge in [-0.1, -0.05) is 12.2 Å². The van der Waals surface area contributed by atoms with E-state index in [-0.39, 0.29) is 17.3 Å². The van der Waals surface area contributed by atoms with Crippen LogP contribution in [0, 0.1) is 5.92 Å². The Morgan fingerprint density at radius 3 is 2.50 bits per heavy atom. The third-order valence-electron chi connectivity index (χ3n) is 2.84. The smallest absolute Gasteiger partial charge is 0.298 e. The van der Waals surface area contributed by atoms with Gasteiger partial charge in [-0.25, -0.2) is 0 Å². The van der Waals surface area contributed by atoms with E-state index in [9.17, 15) is 13.2 Å². The Balaban J connectivity index is 3.11. The monoisotopic (exact) mass is 299 g/mol. The summed E-state index contributed by atoms with van der Waals surface area (Å²) in [6, 6.07) is 3.97. The molecule has 0 heterocycles. The number of carbonyl (C=O) groups excluding carboxylic acids is 1. The van der Waals surface area contributed by atoms with Crippen LogP contribution in [-0.4, -0.2) is 26.0 Å². The fourth-order valence-electron chi connectivity index (χ4n) is 1.43. The molecule has 0 aliphatic heterocycles. The van der Waals surface area contributed by atoms with Gasteiger partial charge in [0.15, 0.2) is 0 Å². The molecule has 1 rings (SSSR count). The molecule has 2 N–H and O–H groups in total. The van der Waals surface area contributed by atoms with E-state index in [2.05, 4.69) is 11.9 Å². The highest BCUT2D eigenvalue weighted by Crippen LogP contribution is 2.27. The summed E-state index contributed by atoms with van der Waals surface area (Å²) in [7, 11) is -3.15. The highest BCUT2D eigenvalue weighted by Gasteiger charge is 2.19. The Bertz CT molecular complexity index is 636. The second-order valence-electron chi connectivity index (χ2n) is 4.40. The topological polar surface area (TPSA) is 92.7 Å². The van der Waals surface area contributed by atoms with Crippen molar-refractivity contribution in [1.82, 2.24) is 0 Å². The molecule has 0 saturated carbocycles. The molecule has 0 saturated heterocycles. The third-order valence-corrected chi connectivity index (χ3v) is 3.72. The minimum atomic E-state index is -4.43. The van der Waals surface area contributed by atoms with E-state index in [4.69, 9.17) is 9.29 Å². The predicted molar refractivity (Wildman–Crippen MR) is 75.4 cm³/mol. The number of anilines is 1. The average Bonchev–Trinajstić information content (AvgIpc) is 2.36. The molecule has 0 aromatic heterocycles. The van der Waals surface area contributed by atoms with Gasteiger partial charge < -0.3 is 10.1 Å². The van der Waals surface area contributed by atoms with Gasteiger partial charge in [-0.15, -0.1) is 0 Å². The summed E-state index contributed by atoms with van der Waals surface area (Å²) in [5, 5.41) is 2.56. The maximum atomic E-state index is 11.9. The molecule has 1 unspecified atom stereocenters. The number of benzene rings is 1. The molecule has 0 fully saturated rings. The van der Waals surface area contributed by atoms with Crippen LogP contribution in [0.3, 0.4) is 0 Å². The number of methoxy groups -OCH3 is 1. The van der Waals surface area contributed by atoms with Crippen LogP contribution in [0.2, 0.25) is 0 Å². The quantitative estimate of drug-likeness (QED) is 0.641. The number of carbonyl (C=O) groups is 1. The van der Waals surface area contributed by atoms with Gasteiger partial charge in [0.1, 0.15) is 10.6 Å². The van der Waals surface area contributed by atoms with Crippen molar-refractivity contribution in [3.63, 3.8) is 0 Å². The van der Waals surface area contributed by atoms with Crippen molar-refractivity contribution in [2.75, 3.05) is 12.4 Å². The standard InChI is InChI=1S/C13H17NO5S/c1-8(2)9(3)13(15)14-10-5-6-11(19-4)12(7-10)20(16,17)18/h5-7,9H,1H2,2-4H3,(H,14,15)(H,16,17,18). The van der Waals surface area contributed by atoms with E-state index < -0.39 is 20.9 Å². The molecule has 1 atom stereocenters. The van der Waals surface area contributed by atoms with Crippen molar-refractivity contribution in [2.45, 2.75) is 18.7 Å². The van der Waals surface area contributed by atoms with Crippen molar-refractivity contribution in [2.24, 2.45) is 5.92 Å². The van der Waals surface area contributed by atoms with Gasteiger partial charge in [-0.2, -0.15) is 8.42 Å². The third kappa shape index (κ3) is 3.82. The van der Waals surface area contributed by atoms with Gasteiger partial charge in [0.25, 0.3) is 10.1 Å². The first kappa shape index (κ1) is 16.2. The second kappa shape index (κ2) is 6.06. The van der Waals surface area contributed by atoms with Gasteiger partial charge in [0.2, 0.25) is 5.91 Å². The predicted octanol–water partition coefficient (Wildman–Crippen LogP) is 2.09. The van der Waals surface area contributed by atoms with Crippen LogP contribution >= 0.6 is 0 Å². The molecule has 0 radical (unpaired) electrons. The summed E-state index contributed by atoms with van der Waals surface area (Å²) in [5.41, 5.74) is 0.933. The molecule has 0 aliphatic rings. The summed E-state index contributed by atoms with van der Waals surface area (Å²) in [5.74, 6) is -0.728. The Labute approximate surface area is 118 Å². The maximum Gasteiger partial charge on any atom is 0.298 e. The largest absolute Gasteiger partial charge is 0.495 e. The number of nitrogens with one attached hydrogen (secondary N) is 1. The van der Waals surface area contributed by atoms with Gasteiger partial charge in [-0.3, -0.25) is 9.35 Å². The van der Waals surface area contributed by atoms with E-state index in [0.717, 1.165) is 6.07 Å². The summed E-state index contributed by atoms with van der Waals surface area (Å²) in [4.78, 5) is 11.5. The molecule has 7 heteroatoms. The molecule has 1 aromatic carbocycles. The molecule has 0 aliphatic carbocycles. The SMILES string of the molecule is C=C(C)C(C)C(=O)Nc1ccc(OC)c(S(=O)(=O)O)c1. The number of hydrogen-bond acceptors (Lipinski definition) is 4. The molecule has 0 bridgehead atoms. The van der Waals surface area contributed by atoms with Crippen LogP contribution in [0.25, 0.3) is 0 Å². The Hall–Kier alpha value is -1.86. The highest BCUT2D eigenvalue weighted by atomic mass is 32.2.